The molecule has 3 rings (SSSR count). The maximum atomic E-state index is 12.0. The predicted molar refractivity (Wildman–Crippen MR) is 85.5 cm³/mol. The second-order valence-electron chi connectivity index (χ2n) is 6.38. The first-order valence-corrected chi connectivity index (χ1v) is 8.20. The zero-order valence-corrected chi connectivity index (χ0v) is 12.9. The van der Waals surface area contributed by atoms with E-state index in [9.17, 15) is 9.90 Å². The van der Waals surface area contributed by atoms with Crippen LogP contribution in [0.2, 0.25) is 0 Å². The molecule has 2 aliphatic rings. The molecule has 1 saturated carbocycles. The first kappa shape index (κ1) is 15.3. The third-order valence-electron chi connectivity index (χ3n) is 4.62. The number of carbonyl (C=O) groups excluding carboxylic acids is 1. The van der Waals surface area contributed by atoms with E-state index in [0.29, 0.717) is 12.5 Å². The summed E-state index contributed by atoms with van der Waals surface area (Å²) in [6.07, 6.45) is 3.85. The van der Waals surface area contributed by atoms with Crippen molar-refractivity contribution in [3.05, 3.63) is 35.9 Å². The van der Waals surface area contributed by atoms with Crippen LogP contribution in [0.3, 0.4) is 0 Å². The number of urea groups is 1. The molecule has 3 N–H and O–H groups in total. The zero-order chi connectivity index (χ0) is 15.4. The predicted octanol–water partition coefficient (Wildman–Crippen LogP) is 1.50. The van der Waals surface area contributed by atoms with Crippen LogP contribution in [0.5, 0.6) is 0 Å². The van der Waals surface area contributed by atoms with Crippen LogP contribution in [0.1, 0.15) is 30.9 Å². The number of nitrogens with zero attached hydrogens (tertiary/aromatic N) is 1. The Morgan fingerprint density at radius 3 is 2.73 bits per heavy atom. The molecule has 1 unspecified atom stereocenters. The third kappa shape index (κ3) is 3.99. The monoisotopic (exact) mass is 303 g/mol. The van der Waals surface area contributed by atoms with Crippen LogP contribution in [0, 0.1) is 5.92 Å². The van der Waals surface area contributed by atoms with Gasteiger partial charge in [-0.1, -0.05) is 30.3 Å². The van der Waals surface area contributed by atoms with E-state index >= 15 is 0 Å². The number of carbonyl (C=O) groups is 1. The first-order valence-electron chi connectivity index (χ1n) is 8.20. The summed E-state index contributed by atoms with van der Waals surface area (Å²) in [5.74, 6) is 0.552. The van der Waals surface area contributed by atoms with Crippen LogP contribution >= 0.6 is 0 Å². The Morgan fingerprint density at radius 2 is 2.05 bits per heavy atom. The number of benzene rings is 1. The summed E-state index contributed by atoms with van der Waals surface area (Å²) >= 11 is 0. The molecule has 2 amide bonds. The number of likely N-dealkylation sites (tertiary alicyclic amines) is 1. The Balaban J connectivity index is 1.42. The largest absolute Gasteiger partial charge is 0.394 e. The van der Waals surface area contributed by atoms with Crippen LogP contribution in [-0.4, -0.2) is 48.3 Å². The second kappa shape index (κ2) is 7.11. The molecule has 2 atom stereocenters. The van der Waals surface area contributed by atoms with Crippen molar-refractivity contribution in [2.45, 2.75) is 31.3 Å². The maximum Gasteiger partial charge on any atom is 0.315 e. The Kier molecular flexibility index (Phi) is 4.95. The van der Waals surface area contributed by atoms with Crippen molar-refractivity contribution in [1.29, 1.82) is 0 Å². The van der Waals surface area contributed by atoms with Gasteiger partial charge >= 0.3 is 6.03 Å². The van der Waals surface area contributed by atoms with Gasteiger partial charge in [0.2, 0.25) is 0 Å². The van der Waals surface area contributed by atoms with Crippen molar-refractivity contribution < 1.29 is 9.90 Å². The molecule has 0 radical (unpaired) electrons. The normalized spacial score (nSPS) is 23.2. The summed E-state index contributed by atoms with van der Waals surface area (Å²) in [5.41, 5.74) is 0.918. The molecule has 1 aromatic rings. The topological polar surface area (TPSA) is 64.6 Å². The molecule has 2 fully saturated rings. The lowest BCUT2D eigenvalue weighted by Gasteiger charge is -2.19. The molecule has 22 heavy (non-hydrogen) atoms. The molecule has 5 nitrogen and oxygen atoms in total. The van der Waals surface area contributed by atoms with E-state index in [0.717, 1.165) is 18.2 Å². The molecule has 0 aromatic heterocycles. The van der Waals surface area contributed by atoms with Gasteiger partial charge in [0.05, 0.1) is 12.6 Å². The molecule has 1 aliphatic carbocycles. The minimum Gasteiger partial charge on any atom is -0.394 e. The number of aliphatic hydroxyl groups excluding tert-OH is 1. The maximum absolute atomic E-state index is 12.0. The van der Waals surface area contributed by atoms with E-state index < -0.39 is 0 Å². The Labute approximate surface area is 131 Å². The van der Waals surface area contributed by atoms with Crippen LogP contribution in [-0.2, 0) is 0 Å². The lowest BCUT2D eigenvalue weighted by molar-refractivity contribution is 0.215. The number of aliphatic hydroxyl groups is 1. The van der Waals surface area contributed by atoms with E-state index in [1.54, 1.807) is 0 Å². The van der Waals surface area contributed by atoms with Gasteiger partial charge in [-0.3, -0.25) is 0 Å². The number of hydrogen-bond donors (Lipinski definition) is 3. The average molecular weight is 303 g/mol. The summed E-state index contributed by atoms with van der Waals surface area (Å²) < 4.78 is 0. The van der Waals surface area contributed by atoms with E-state index in [4.69, 9.17) is 0 Å². The summed E-state index contributed by atoms with van der Waals surface area (Å²) in [7, 11) is 0. The van der Waals surface area contributed by atoms with Crippen LogP contribution < -0.4 is 10.6 Å². The Bertz CT molecular complexity index is 490. The number of rotatable bonds is 6. The SMILES string of the molecule is O=C(NCC1CCN(C2CC2)C1)N[C@H](CO)c1ccccc1. The average Bonchev–Trinajstić information content (AvgIpc) is 3.30. The van der Waals surface area contributed by atoms with Gasteiger partial charge in [-0.2, -0.15) is 0 Å². The van der Waals surface area contributed by atoms with Crippen molar-refractivity contribution >= 4 is 6.03 Å². The summed E-state index contributed by atoms with van der Waals surface area (Å²) in [6, 6.07) is 9.81. The lowest BCUT2D eigenvalue weighted by atomic mass is 10.1. The molecular formula is C17H25N3O2. The van der Waals surface area contributed by atoms with Crippen molar-refractivity contribution in [3.63, 3.8) is 0 Å². The van der Waals surface area contributed by atoms with Crippen LogP contribution in [0.25, 0.3) is 0 Å². The van der Waals surface area contributed by atoms with Crippen molar-refractivity contribution in [2.75, 3.05) is 26.2 Å². The van der Waals surface area contributed by atoms with E-state index in [2.05, 4.69) is 15.5 Å². The second-order valence-corrected chi connectivity index (χ2v) is 6.38. The first-order chi connectivity index (χ1) is 10.8. The lowest BCUT2D eigenvalue weighted by Crippen LogP contribution is -2.41. The molecule has 5 heteroatoms. The van der Waals surface area contributed by atoms with Gasteiger partial charge in [0.15, 0.2) is 0 Å². The quantitative estimate of drug-likeness (QED) is 0.746. The van der Waals surface area contributed by atoms with Crippen molar-refractivity contribution in [3.8, 4) is 0 Å². The van der Waals surface area contributed by atoms with Crippen LogP contribution in [0.4, 0.5) is 4.79 Å². The van der Waals surface area contributed by atoms with Gasteiger partial charge < -0.3 is 20.6 Å². The molecule has 1 aromatic carbocycles. The van der Waals surface area contributed by atoms with Gasteiger partial charge in [-0.15, -0.1) is 0 Å². The molecule has 0 spiro atoms. The Hall–Kier alpha value is -1.59. The fourth-order valence-electron chi connectivity index (χ4n) is 3.17. The van der Waals surface area contributed by atoms with E-state index in [1.807, 2.05) is 30.3 Å². The number of nitrogens with one attached hydrogen (secondary N) is 2. The van der Waals surface area contributed by atoms with Crippen molar-refractivity contribution in [1.82, 2.24) is 15.5 Å². The fraction of sp³-hybridized carbons (Fsp3) is 0.588. The van der Waals surface area contributed by atoms with Gasteiger partial charge in [0.1, 0.15) is 0 Å². The van der Waals surface area contributed by atoms with Crippen molar-refractivity contribution in [2.24, 2.45) is 5.92 Å². The van der Waals surface area contributed by atoms with Gasteiger partial charge in [0, 0.05) is 19.1 Å². The zero-order valence-electron chi connectivity index (χ0n) is 12.9. The number of amides is 2. The highest BCUT2D eigenvalue weighted by atomic mass is 16.3. The highest BCUT2D eigenvalue weighted by Gasteiger charge is 2.34. The molecule has 1 heterocycles. The summed E-state index contributed by atoms with van der Waals surface area (Å²) in [4.78, 5) is 14.6. The smallest absolute Gasteiger partial charge is 0.315 e. The van der Waals surface area contributed by atoms with Gasteiger partial charge in [0.25, 0.3) is 0 Å². The van der Waals surface area contributed by atoms with Gasteiger partial charge in [-0.05, 0) is 37.3 Å². The Morgan fingerprint density at radius 1 is 1.27 bits per heavy atom. The molecule has 1 saturated heterocycles. The molecule has 120 valence electrons. The minimum absolute atomic E-state index is 0.101. The van der Waals surface area contributed by atoms with Gasteiger partial charge in [-0.25, -0.2) is 4.79 Å². The highest BCUT2D eigenvalue weighted by Crippen LogP contribution is 2.31. The van der Waals surface area contributed by atoms with Crippen LogP contribution in [0.15, 0.2) is 30.3 Å². The summed E-state index contributed by atoms with van der Waals surface area (Å²) in [5, 5.41) is 15.3. The van der Waals surface area contributed by atoms with E-state index in [-0.39, 0.29) is 18.7 Å². The molecular weight excluding hydrogens is 278 g/mol. The number of hydrogen-bond acceptors (Lipinski definition) is 3. The standard InChI is InChI=1S/C17H25N3O2/c21-12-16(14-4-2-1-3-5-14)19-17(22)18-10-13-8-9-20(11-13)15-6-7-15/h1-5,13,15-16,21H,6-12H2,(H2,18,19,22)/t13?,16-/m1/s1. The molecule has 1 aliphatic heterocycles. The third-order valence-corrected chi connectivity index (χ3v) is 4.62. The van der Waals surface area contributed by atoms with E-state index in [1.165, 1.54) is 25.8 Å². The highest BCUT2D eigenvalue weighted by molar-refractivity contribution is 5.74. The molecule has 0 bridgehead atoms. The fourth-order valence-corrected chi connectivity index (χ4v) is 3.17. The summed E-state index contributed by atoms with van der Waals surface area (Å²) in [6.45, 7) is 2.88. The minimum atomic E-state index is -0.354.